The average Bonchev–Trinajstić information content (AvgIpc) is 1.97. The van der Waals surface area contributed by atoms with Crippen molar-refractivity contribution < 1.29 is 42.9 Å². The number of hydrogen-bond donors (Lipinski definition) is 0. The number of esters is 2. The van der Waals surface area contributed by atoms with Crippen LogP contribution in [0.3, 0.4) is 0 Å². The van der Waals surface area contributed by atoms with Crippen molar-refractivity contribution in [1.82, 2.24) is 0 Å². The van der Waals surface area contributed by atoms with Gasteiger partial charge in [-0.05, 0) is 0 Å². The van der Waals surface area contributed by atoms with Crippen LogP contribution in [-0.2, 0) is 28.5 Å². The largest absolute Gasteiger partial charge is 0.528 e. The van der Waals surface area contributed by atoms with Gasteiger partial charge in [0.05, 0.1) is 0 Å². The average molecular weight is 234 g/mol. The first kappa shape index (κ1) is 13.5. The van der Waals surface area contributed by atoms with Gasteiger partial charge in [-0.25, -0.2) is 14.4 Å². The van der Waals surface area contributed by atoms with Crippen molar-refractivity contribution in [3.63, 3.8) is 0 Å². The zero-order chi connectivity index (χ0) is 12.7. The molecule has 0 saturated carbocycles. The van der Waals surface area contributed by atoms with Crippen molar-refractivity contribution >= 4 is 30.4 Å². The number of rotatable bonds is 0. The fraction of sp³-hybridized carbons (Fsp3) is 0.286. The molecule has 0 aliphatic carbocycles. The van der Waals surface area contributed by atoms with Crippen LogP contribution in [0.4, 0.5) is 14.4 Å². The van der Waals surface area contributed by atoms with Gasteiger partial charge in [-0.2, -0.15) is 0 Å². The van der Waals surface area contributed by atoms with Gasteiger partial charge in [-0.1, -0.05) is 0 Å². The van der Waals surface area contributed by atoms with Crippen LogP contribution in [0.25, 0.3) is 0 Å². The fourth-order valence-corrected chi connectivity index (χ4v) is 0.433. The van der Waals surface area contributed by atoms with Crippen LogP contribution in [0.2, 0.25) is 0 Å². The molecule has 88 valence electrons. The summed E-state index contributed by atoms with van der Waals surface area (Å²) < 4.78 is 14.8. The molecule has 0 rings (SSSR count). The van der Waals surface area contributed by atoms with Gasteiger partial charge in [0.15, 0.2) is 0 Å². The summed E-state index contributed by atoms with van der Waals surface area (Å²) in [5, 5.41) is 0. The van der Waals surface area contributed by atoms with E-state index in [1.807, 2.05) is 0 Å². The second-order valence-electron chi connectivity index (χ2n) is 2.14. The molecule has 0 radical (unpaired) electrons. The highest BCUT2D eigenvalue weighted by atomic mass is 16.9. The van der Waals surface area contributed by atoms with Crippen LogP contribution in [-0.4, -0.2) is 30.4 Å². The normalized spacial score (nSPS) is 8.62. The van der Waals surface area contributed by atoms with Crippen molar-refractivity contribution in [2.75, 3.05) is 0 Å². The molecule has 0 aromatic heterocycles. The van der Waals surface area contributed by atoms with Crippen LogP contribution in [0.5, 0.6) is 0 Å². The minimum Gasteiger partial charge on any atom is -0.360 e. The first-order chi connectivity index (χ1) is 7.31. The molecule has 0 aliphatic rings. The molecular weight excluding hydrogens is 228 g/mol. The van der Waals surface area contributed by atoms with Gasteiger partial charge in [0.1, 0.15) is 0 Å². The molecule has 0 aliphatic heterocycles. The lowest BCUT2D eigenvalue weighted by atomic mass is 10.8. The zero-order valence-electron chi connectivity index (χ0n) is 8.17. The fourth-order valence-electron chi connectivity index (χ4n) is 0.433. The third-order valence-corrected chi connectivity index (χ3v) is 0.787. The maximum atomic E-state index is 10.6. The summed E-state index contributed by atoms with van der Waals surface area (Å²) in [7, 11) is 0. The van der Waals surface area contributed by atoms with E-state index < -0.39 is 30.4 Å². The maximum absolute atomic E-state index is 10.6. The molecule has 0 heterocycles. The molecule has 0 amide bonds. The molecule has 0 atom stereocenters. The van der Waals surface area contributed by atoms with Crippen LogP contribution >= 0.6 is 0 Å². The summed E-state index contributed by atoms with van der Waals surface area (Å²) in [5.41, 5.74) is 0. The lowest BCUT2D eigenvalue weighted by Gasteiger charge is -2.01. The topological polar surface area (TPSA) is 122 Å². The molecule has 0 N–H and O–H groups in total. The Hall–Kier alpha value is -2.45. The number of hydrogen-bond acceptors (Lipinski definition) is 9. The standard InChI is InChI=1S/C7H6O9/c1-3(8)13-5(10)15-7(12)16-6(11)14-4(2)9/h1-2H3. The van der Waals surface area contributed by atoms with E-state index in [1.165, 1.54) is 0 Å². The van der Waals surface area contributed by atoms with Crippen LogP contribution < -0.4 is 0 Å². The summed E-state index contributed by atoms with van der Waals surface area (Å²) in [6, 6.07) is 0. The number of carbonyl (C=O) groups excluding carboxylic acids is 5. The Bertz CT molecular complexity index is 310. The summed E-state index contributed by atoms with van der Waals surface area (Å²) in [5.74, 6) is -2.05. The highest BCUT2D eigenvalue weighted by Crippen LogP contribution is 1.94. The highest BCUT2D eigenvalue weighted by Gasteiger charge is 2.20. The lowest BCUT2D eigenvalue weighted by Crippen LogP contribution is -2.21. The van der Waals surface area contributed by atoms with Gasteiger partial charge in [0.25, 0.3) is 0 Å². The minimum absolute atomic E-state index is 0.886. The Morgan fingerprint density at radius 1 is 0.562 bits per heavy atom. The van der Waals surface area contributed by atoms with Gasteiger partial charge in [-0.15, -0.1) is 0 Å². The van der Waals surface area contributed by atoms with E-state index in [-0.39, 0.29) is 0 Å². The van der Waals surface area contributed by atoms with E-state index in [2.05, 4.69) is 18.9 Å². The summed E-state index contributed by atoms with van der Waals surface area (Å²) in [6.07, 6.45) is -5.14. The monoisotopic (exact) mass is 234 g/mol. The van der Waals surface area contributed by atoms with Crippen molar-refractivity contribution in [3.8, 4) is 0 Å². The van der Waals surface area contributed by atoms with Gasteiger partial charge in [0, 0.05) is 13.8 Å². The third kappa shape index (κ3) is 7.00. The maximum Gasteiger partial charge on any atom is 0.528 e. The predicted octanol–water partition coefficient (Wildman–Crippen LogP) is 0.506. The molecule has 16 heavy (non-hydrogen) atoms. The molecule has 0 bridgehead atoms. The number of ether oxygens (including phenoxy) is 4. The quantitative estimate of drug-likeness (QED) is 0.435. The Morgan fingerprint density at radius 3 is 1.06 bits per heavy atom. The van der Waals surface area contributed by atoms with Crippen LogP contribution in [0, 0.1) is 0 Å². The molecule has 0 unspecified atom stereocenters. The third-order valence-electron chi connectivity index (χ3n) is 0.787. The number of carbonyl (C=O) groups is 5. The van der Waals surface area contributed by atoms with Crippen molar-refractivity contribution in [3.05, 3.63) is 0 Å². The van der Waals surface area contributed by atoms with E-state index in [4.69, 9.17) is 0 Å². The van der Waals surface area contributed by atoms with E-state index in [9.17, 15) is 24.0 Å². The molecule has 0 aromatic rings. The predicted molar refractivity (Wildman–Crippen MR) is 41.9 cm³/mol. The molecule has 0 aromatic carbocycles. The molecule has 0 saturated heterocycles. The Morgan fingerprint density at radius 2 is 0.812 bits per heavy atom. The highest BCUT2D eigenvalue weighted by molar-refractivity contribution is 5.90. The van der Waals surface area contributed by atoms with Crippen molar-refractivity contribution in [2.24, 2.45) is 0 Å². The van der Waals surface area contributed by atoms with E-state index in [0.29, 0.717) is 0 Å². The first-order valence-corrected chi connectivity index (χ1v) is 3.65. The minimum atomic E-state index is -1.79. The van der Waals surface area contributed by atoms with Gasteiger partial charge < -0.3 is 18.9 Å². The molecule has 0 fully saturated rings. The first-order valence-electron chi connectivity index (χ1n) is 3.65. The summed E-state index contributed by atoms with van der Waals surface area (Å²) >= 11 is 0. The van der Waals surface area contributed by atoms with E-state index >= 15 is 0 Å². The second kappa shape index (κ2) is 6.11. The lowest BCUT2D eigenvalue weighted by molar-refractivity contribution is -0.136. The second-order valence-corrected chi connectivity index (χ2v) is 2.14. The SMILES string of the molecule is CC(=O)OC(=O)OC(=O)OC(=O)OC(C)=O. The van der Waals surface area contributed by atoms with Gasteiger partial charge >= 0.3 is 30.4 Å². The van der Waals surface area contributed by atoms with Crippen LogP contribution in [0.15, 0.2) is 0 Å². The molecular formula is C7H6O9. The van der Waals surface area contributed by atoms with Gasteiger partial charge in [0.2, 0.25) is 0 Å². The van der Waals surface area contributed by atoms with Gasteiger partial charge in [-0.3, -0.25) is 9.59 Å². The zero-order valence-corrected chi connectivity index (χ0v) is 8.17. The summed E-state index contributed by atoms with van der Waals surface area (Å²) in [6.45, 7) is 1.77. The van der Waals surface area contributed by atoms with Crippen molar-refractivity contribution in [2.45, 2.75) is 13.8 Å². The van der Waals surface area contributed by atoms with Crippen molar-refractivity contribution in [1.29, 1.82) is 0 Å². The summed E-state index contributed by atoms with van der Waals surface area (Å²) in [4.78, 5) is 51.9. The van der Waals surface area contributed by atoms with Crippen LogP contribution in [0.1, 0.15) is 13.8 Å². The van der Waals surface area contributed by atoms with E-state index in [1.54, 1.807) is 0 Å². The molecule has 9 nitrogen and oxygen atoms in total. The Balaban J connectivity index is 3.99. The Labute approximate surface area is 88.2 Å². The Kier molecular flexibility index (Phi) is 5.18. The smallest absolute Gasteiger partial charge is 0.360 e. The van der Waals surface area contributed by atoms with E-state index in [0.717, 1.165) is 13.8 Å². The molecule has 0 spiro atoms. The molecule has 9 heteroatoms.